The number of H-pyrrole nitrogens is 1. The summed E-state index contributed by atoms with van der Waals surface area (Å²) in [6, 6.07) is 4.22. The topological polar surface area (TPSA) is 53.6 Å². The molecule has 21 heavy (non-hydrogen) atoms. The highest BCUT2D eigenvalue weighted by atomic mass is 19.2. The van der Waals surface area contributed by atoms with Crippen LogP contribution in [0.3, 0.4) is 0 Å². The van der Waals surface area contributed by atoms with Crippen LogP contribution in [0, 0.1) is 11.6 Å². The normalized spacial score (nSPS) is 14.0. The summed E-state index contributed by atoms with van der Waals surface area (Å²) < 4.78 is 26.7. The zero-order chi connectivity index (χ0) is 14.4. The van der Waals surface area contributed by atoms with Gasteiger partial charge in [0.1, 0.15) is 5.69 Å². The van der Waals surface area contributed by atoms with Gasteiger partial charge in [0.15, 0.2) is 11.6 Å². The summed E-state index contributed by atoms with van der Waals surface area (Å²) in [5.41, 5.74) is 3.86. The predicted molar refractivity (Wildman–Crippen MR) is 76.1 cm³/mol. The van der Waals surface area contributed by atoms with Gasteiger partial charge in [0.05, 0.1) is 23.1 Å². The Balaban J connectivity index is 1.88. The maximum Gasteiger partial charge on any atom is 0.160 e. The first kappa shape index (κ1) is 12.3. The van der Waals surface area contributed by atoms with E-state index in [0.717, 1.165) is 37.2 Å². The van der Waals surface area contributed by atoms with Crippen LogP contribution in [0.15, 0.2) is 24.4 Å². The Hall–Kier alpha value is -2.50. The Morgan fingerprint density at radius 2 is 1.95 bits per heavy atom. The molecule has 0 atom stereocenters. The largest absolute Gasteiger partial charge is 0.384 e. The van der Waals surface area contributed by atoms with Gasteiger partial charge in [0.2, 0.25) is 0 Å². The van der Waals surface area contributed by atoms with Gasteiger partial charge in [-0.2, -0.15) is 5.10 Å². The van der Waals surface area contributed by atoms with E-state index in [2.05, 4.69) is 20.5 Å². The highest BCUT2D eigenvalue weighted by Gasteiger charge is 2.16. The van der Waals surface area contributed by atoms with Crippen LogP contribution in [0.1, 0.15) is 12.0 Å². The number of aryl methyl sites for hydroxylation is 1. The van der Waals surface area contributed by atoms with Crippen LogP contribution in [0.5, 0.6) is 0 Å². The number of halogens is 2. The molecule has 0 saturated carbocycles. The van der Waals surface area contributed by atoms with Gasteiger partial charge in [-0.25, -0.2) is 8.78 Å². The van der Waals surface area contributed by atoms with Crippen LogP contribution >= 0.6 is 0 Å². The van der Waals surface area contributed by atoms with Crippen LogP contribution in [-0.2, 0) is 6.42 Å². The van der Waals surface area contributed by atoms with Gasteiger partial charge in [-0.1, -0.05) is 0 Å². The smallest absolute Gasteiger partial charge is 0.160 e. The summed E-state index contributed by atoms with van der Waals surface area (Å²) in [5.74, 6) is -1.77. The second kappa shape index (κ2) is 4.51. The van der Waals surface area contributed by atoms with Gasteiger partial charge >= 0.3 is 0 Å². The molecule has 3 heterocycles. The average Bonchev–Trinajstić information content (AvgIpc) is 2.90. The quantitative estimate of drug-likeness (QED) is 0.722. The van der Waals surface area contributed by atoms with Crippen molar-refractivity contribution in [2.45, 2.75) is 12.8 Å². The standard InChI is InChI=1S/C15H12F2N4/c16-10-5-9-12(6-11(10)17)20-21-15(9)13-4-8-2-1-3-18-14(8)7-19-13/h4-7,18H,1-3H2,(H,20,21). The number of rotatable bonds is 1. The summed E-state index contributed by atoms with van der Waals surface area (Å²) in [7, 11) is 0. The van der Waals surface area contributed by atoms with E-state index in [1.165, 1.54) is 5.56 Å². The number of aromatic nitrogens is 3. The van der Waals surface area contributed by atoms with Crippen LogP contribution in [0.4, 0.5) is 14.5 Å². The molecular weight excluding hydrogens is 274 g/mol. The van der Waals surface area contributed by atoms with Crippen molar-refractivity contribution in [1.82, 2.24) is 15.2 Å². The van der Waals surface area contributed by atoms with E-state index < -0.39 is 11.6 Å². The third-order valence-corrected chi connectivity index (χ3v) is 3.77. The van der Waals surface area contributed by atoms with Crippen molar-refractivity contribution in [2.24, 2.45) is 0 Å². The van der Waals surface area contributed by atoms with Crippen molar-refractivity contribution in [3.05, 3.63) is 41.6 Å². The lowest BCUT2D eigenvalue weighted by Gasteiger charge is -2.17. The Labute approximate surface area is 119 Å². The van der Waals surface area contributed by atoms with Gasteiger partial charge in [0, 0.05) is 18.0 Å². The second-order valence-electron chi connectivity index (χ2n) is 5.14. The third kappa shape index (κ3) is 1.94. The molecule has 1 aliphatic rings. The number of aromatic amines is 1. The number of nitrogens with one attached hydrogen (secondary N) is 2. The van der Waals surface area contributed by atoms with E-state index >= 15 is 0 Å². The fraction of sp³-hybridized carbons (Fsp3) is 0.200. The van der Waals surface area contributed by atoms with Crippen molar-refractivity contribution in [3.8, 4) is 11.4 Å². The van der Waals surface area contributed by atoms with Crippen molar-refractivity contribution in [3.63, 3.8) is 0 Å². The first-order chi connectivity index (χ1) is 10.2. The van der Waals surface area contributed by atoms with Crippen molar-refractivity contribution in [2.75, 3.05) is 11.9 Å². The highest BCUT2D eigenvalue weighted by Crippen LogP contribution is 2.30. The van der Waals surface area contributed by atoms with Gasteiger partial charge in [0.25, 0.3) is 0 Å². The molecule has 0 saturated heterocycles. The van der Waals surface area contributed by atoms with Crippen molar-refractivity contribution >= 4 is 16.6 Å². The van der Waals surface area contributed by atoms with E-state index in [0.29, 0.717) is 22.3 Å². The number of anilines is 1. The molecule has 0 amide bonds. The SMILES string of the molecule is Fc1cc2[nH]nc(-c3cc4c(cn3)NCCC4)c2cc1F. The number of fused-ring (bicyclic) bond motifs is 2. The number of benzene rings is 1. The first-order valence-corrected chi connectivity index (χ1v) is 6.78. The molecule has 2 aromatic heterocycles. The maximum absolute atomic E-state index is 13.4. The maximum atomic E-state index is 13.4. The lowest BCUT2D eigenvalue weighted by molar-refractivity contribution is 0.511. The Morgan fingerprint density at radius 1 is 1.10 bits per heavy atom. The van der Waals surface area contributed by atoms with E-state index in [-0.39, 0.29) is 0 Å². The molecule has 4 rings (SSSR count). The molecule has 1 aliphatic heterocycles. The molecule has 0 aliphatic carbocycles. The lowest BCUT2D eigenvalue weighted by atomic mass is 10.0. The summed E-state index contributed by atoms with van der Waals surface area (Å²) in [4.78, 5) is 4.38. The van der Waals surface area contributed by atoms with Crippen LogP contribution in [-0.4, -0.2) is 21.7 Å². The molecule has 2 N–H and O–H groups in total. The lowest BCUT2D eigenvalue weighted by Crippen LogP contribution is -2.12. The van der Waals surface area contributed by atoms with Crippen LogP contribution in [0.2, 0.25) is 0 Å². The van der Waals surface area contributed by atoms with Gasteiger partial charge in [-0.3, -0.25) is 10.1 Å². The van der Waals surface area contributed by atoms with E-state index in [1.807, 2.05) is 6.07 Å². The fourth-order valence-corrected chi connectivity index (χ4v) is 2.70. The Bertz CT molecular complexity index is 841. The minimum atomic E-state index is -0.889. The second-order valence-corrected chi connectivity index (χ2v) is 5.14. The zero-order valence-corrected chi connectivity index (χ0v) is 11.1. The minimum Gasteiger partial charge on any atom is -0.384 e. The number of nitrogens with zero attached hydrogens (tertiary/aromatic N) is 2. The van der Waals surface area contributed by atoms with E-state index in [9.17, 15) is 8.78 Å². The van der Waals surface area contributed by atoms with Crippen molar-refractivity contribution < 1.29 is 8.78 Å². The highest BCUT2D eigenvalue weighted by molar-refractivity contribution is 5.92. The summed E-state index contributed by atoms with van der Waals surface area (Å²) in [5, 5.41) is 10.7. The minimum absolute atomic E-state index is 0.460. The van der Waals surface area contributed by atoms with Gasteiger partial charge in [-0.05, 0) is 30.5 Å². The third-order valence-electron chi connectivity index (χ3n) is 3.77. The number of pyridine rings is 1. The molecule has 106 valence electrons. The zero-order valence-electron chi connectivity index (χ0n) is 11.1. The summed E-state index contributed by atoms with van der Waals surface area (Å²) >= 11 is 0. The molecule has 0 unspecified atom stereocenters. The predicted octanol–water partition coefficient (Wildman–Crippen LogP) is 3.26. The molecule has 0 bridgehead atoms. The Kier molecular flexibility index (Phi) is 2.63. The molecule has 0 spiro atoms. The fourth-order valence-electron chi connectivity index (χ4n) is 2.70. The number of hydrogen-bond acceptors (Lipinski definition) is 3. The van der Waals surface area contributed by atoms with Crippen molar-refractivity contribution in [1.29, 1.82) is 0 Å². The van der Waals surface area contributed by atoms with Gasteiger partial charge in [-0.15, -0.1) is 0 Å². The van der Waals surface area contributed by atoms with Gasteiger partial charge < -0.3 is 5.32 Å². The molecule has 4 nitrogen and oxygen atoms in total. The van der Waals surface area contributed by atoms with E-state index in [4.69, 9.17) is 0 Å². The summed E-state index contributed by atoms with van der Waals surface area (Å²) in [6.45, 7) is 0.948. The number of hydrogen-bond donors (Lipinski definition) is 2. The Morgan fingerprint density at radius 3 is 2.86 bits per heavy atom. The molecule has 0 radical (unpaired) electrons. The molecule has 3 aromatic rings. The first-order valence-electron chi connectivity index (χ1n) is 6.78. The molecule has 1 aromatic carbocycles. The summed E-state index contributed by atoms with van der Waals surface area (Å²) in [6.07, 6.45) is 3.81. The van der Waals surface area contributed by atoms with Crippen LogP contribution < -0.4 is 5.32 Å². The van der Waals surface area contributed by atoms with E-state index in [1.54, 1.807) is 6.20 Å². The molecular formula is C15H12F2N4. The molecule has 6 heteroatoms. The monoisotopic (exact) mass is 286 g/mol. The van der Waals surface area contributed by atoms with Crippen LogP contribution in [0.25, 0.3) is 22.3 Å². The molecule has 0 fully saturated rings. The average molecular weight is 286 g/mol.